The topological polar surface area (TPSA) is 89.0 Å². The Morgan fingerprint density at radius 1 is 1.03 bits per heavy atom. The molecule has 1 amide bonds. The minimum atomic E-state index is -4.95. The monoisotopic (exact) mass is 526 g/mol. The summed E-state index contributed by atoms with van der Waals surface area (Å²) >= 11 is 0. The van der Waals surface area contributed by atoms with Crippen molar-refractivity contribution < 1.29 is 37.3 Å². The molecule has 4 rings (SSSR count). The Balaban J connectivity index is 1.95. The average Bonchev–Trinajstić information content (AvgIpc) is 3.12. The molecule has 0 spiro atoms. The Hall–Kier alpha value is -4.34. The van der Waals surface area contributed by atoms with Gasteiger partial charge in [0.05, 0.1) is 24.3 Å². The number of ether oxygens (including phenoxy) is 2. The molecule has 2 heterocycles. The van der Waals surface area contributed by atoms with E-state index in [9.17, 15) is 27.9 Å². The van der Waals surface area contributed by atoms with Gasteiger partial charge < -0.3 is 14.6 Å². The van der Waals surface area contributed by atoms with Gasteiger partial charge in [0.1, 0.15) is 17.3 Å². The van der Waals surface area contributed by atoms with E-state index in [1.807, 2.05) is 26.8 Å². The predicted molar refractivity (Wildman–Crippen MR) is 134 cm³/mol. The molecule has 1 fully saturated rings. The van der Waals surface area contributed by atoms with Crippen molar-refractivity contribution in [3.63, 3.8) is 0 Å². The number of aliphatic hydroxyl groups is 1. The first kappa shape index (κ1) is 26.7. The van der Waals surface area contributed by atoms with Gasteiger partial charge in [0.2, 0.25) is 0 Å². The molecule has 38 heavy (non-hydrogen) atoms. The van der Waals surface area contributed by atoms with Crippen molar-refractivity contribution in [3.05, 3.63) is 89.3 Å². The number of carbonyl (C=O) groups excluding carboxylic acids is 2. The average molecular weight is 527 g/mol. The number of aromatic nitrogens is 1. The number of aliphatic hydroxyl groups excluding tert-OH is 1. The zero-order valence-electron chi connectivity index (χ0n) is 21.0. The molecule has 1 aromatic heterocycles. The molecule has 198 valence electrons. The lowest BCUT2D eigenvalue weighted by Gasteiger charge is -2.26. The number of pyridine rings is 1. The molecular formula is C28H25F3N2O5. The third-order valence-electron chi connectivity index (χ3n) is 6.09. The summed E-state index contributed by atoms with van der Waals surface area (Å²) in [7, 11) is 1.41. The number of carbonyl (C=O) groups is 2. The van der Waals surface area contributed by atoms with Crippen molar-refractivity contribution in [3.8, 4) is 11.5 Å². The minimum Gasteiger partial charge on any atom is -0.507 e. The zero-order valence-corrected chi connectivity index (χ0v) is 21.0. The minimum absolute atomic E-state index is 0.0304. The van der Waals surface area contributed by atoms with Crippen LogP contribution in [-0.2, 0) is 15.0 Å². The van der Waals surface area contributed by atoms with E-state index < -0.39 is 35.6 Å². The van der Waals surface area contributed by atoms with Gasteiger partial charge in [0.15, 0.2) is 0 Å². The summed E-state index contributed by atoms with van der Waals surface area (Å²) in [6, 6.07) is 11.9. The summed E-state index contributed by atoms with van der Waals surface area (Å²) in [5.74, 6) is -2.82. The van der Waals surface area contributed by atoms with Crippen molar-refractivity contribution in [2.45, 2.75) is 38.6 Å². The van der Waals surface area contributed by atoms with E-state index >= 15 is 0 Å². The molecule has 10 heteroatoms. The summed E-state index contributed by atoms with van der Waals surface area (Å²) in [6.07, 6.45) is -2.05. The Morgan fingerprint density at radius 2 is 1.76 bits per heavy atom. The maximum absolute atomic E-state index is 13.4. The van der Waals surface area contributed by atoms with Crippen molar-refractivity contribution in [1.29, 1.82) is 0 Å². The van der Waals surface area contributed by atoms with E-state index in [4.69, 9.17) is 4.74 Å². The van der Waals surface area contributed by atoms with Gasteiger partial charge in [-0.05, 0) is 46.9 Å². The molecule has 0 radical (unpaired) electrons. The van der Waals surface area contributed by atoms with Gasteiger partial charge in [0.25, 0.3) is 11.7 Å². The quantitative estimate of drug-likeness (QED) is 0.253. The highest BCUT2D eigenvalue weighted by molar-refractivity contribution is 6.51. The van der Waals surface area contributed by atoms with Gasteiger partial charge >= 0.3 is 6.36 Å². The molecule has 1 aliphatic rings. The number of methoxy groups -OCH3 is 1. The van der Waals surface area contributed by atoms with E-state index in [1.54, 1.807) is 24.3 Å². The van der Waals surface area contributed by atoms with Crippen LogP contribution in [0.1, 0.15) is 43.5 Å². The third-order valence-corrected chi connectivity index (χ3v) is 6.09. The number of amides is 1. The summed E-state index contributed by atoms with van der Waals surface area (Å²) in [6.45, 7) is 5.93. The molecule has 2 aromatic carbocycles. The molecule has 1 aliphatic heterocycles. The van der Waals surface area contributed by atoms with E-state index in [2.05, 4.69) is 9.72 Å². The number of hydrogen-bond donors (Lipinski definition) is 1. The smallest absolute Gasteiger partial charge is 0.507 e. The first-order valence-corrected chi connectivity index (χ1v) is 11.6. The number of rotatable bonds is 5. The zero-order chi connectivity index (χ0) is 27.8. The highest BCUT2D eigenvalue weighted by Crippen LogP contribution is 2.44. The summed E-state index contributed by atoms with van der Waals surface area (Å²) < 4.78 is 48.0. The molecule has 0 bridgehead atoms. The fourth-order valence-corrected chi connectivity index (χ4v) is 4.29. The van der Waals surface area contributed by atoms with Crippen LogP contribution in [0.5, 0.6) is 11.5 Å². The van der Waals surface area contributed by atoms with Gasteiger partial charge in [0, 0.05) is 24.1 Å². The molecule has 1 N–H and O–H groups in total. The normalized spacial score (nSPS) is 17.6. The highest BCUT2D eigenvalue weighted by Gasteiger charge is 2.47. The van der Waals surface area contributed by atoms with Crippen LogP contribution < -0.4 is 14.4 Å². The number of halogens is 3. The Bertz CT molecular complexity index is 1410. The summed E-state index contributed by atoms with van der Waals surface area (Å²) in [5.41, 5.74) is 0.799. The maximum atomic E-state index is 13.4. The van der Waals surface area contributed by atoms with Crippen molar-refractivity contribution >= 4 is 23.1 Å². The lowest BCUT2D eigenvalue weighted by atomic mass is 9.85. The van der Waals surface area contributed by atoms with Crippen molar-refractivity contribution in [1.82, 2.24) is 4.98 Å². The number of alkyl halides is 3. The standard InChI is InChI=1S/C28H25F3N2O5/c1-27(2,3)17-10-11-21(37-4)20(13-17)24(34)22-23(16-7-6-12-32-15-16)33(26(36)25(22)35)18-8-5-9-19(14-18)38-28(29,30)31/h5-15,23,34H,1-4H3/b24-22+. The SMILES string of the molecule is COc1ccc(C(C)(C)C)cc1/C(O)=C1\C(=O)C(=O)N(c2cccc(OC(F)(F)F)c2)C1c1cccnc1. The number of anilines is 1. The molecular weight excluding hydrogens is 501 g/mol. The second kappa shape index (κ2) is 9.85. The van der Waals surface area contributed by atoms with Gasteiger partial charge in [-0.25, -0.2) is 0 Å². The van der Waals surface area contributed by atoms with E-state index in [-0.39, 0.29) is 28.0 Å². The van der Waals surface area contributed by atoms with Gasteiger partial charge in [-0.2, -0.15) is 0 Å². The number of ketones is 1. The fourth-order valence-electron chi connectivity index (χ4n) is 4.29. The van der Waals surface area contributed by atoms with Crippen LogP contribution in [0.2, 0.25) is 0 Å². The molecule has 1 saturated heterocycles. The largest absolute Gasteiger partial charge is 0.573 e. The molecule has 7 nitrogen and oxygen atoms in total. The van der Waals surface area contributed by atoms with Crippen LogP contribution in [0.15, 0.2) is 72.6 Å². The predicted octanol–water partition coefficient (Wildman–Crippen LogP) is 5.91. The second-order valence-electron chi connectivity index (χ2n) is 9.67. The molecule has 1 unspecified atom stereocenters. The lowest BCUT2D eigenvalue weighted by Crippen LogP contribution is -2.29. The molecule has 0 saturated carbocycles. The van der Waals surface area contributed by atoms with Crippen LogP contribution in [0.3, 0.4) is 0 Å². The number of benzene rings is 2. The van der Waals surface area contributed by atoms with Gasteiger partial charge in [-0.3, -0.25) is 19.5 Å². The highest BCUT2D eigenvalue weighted by atomic mass is 19.4. The van der Waals surface area contributed by atoms with Crippen molar-refractivity contribution in [2.24, 2.45) is 0 Å². The van der Waals surface area contributed by atoms with Crippen LogP contribution in [0.25, 0.3) is 5.76 Å². The van der Waals surface area contributed by atoms with E-state index in [0.717, 1.165) is 22.6 Å². The molecule has 1 atom stereocenters. The molecule has 3 aromatic rings. The van der Waals surface area contributed by atoms with Crippen LogP contribution in [0.4, 0.5) is 18.9 Å². The van der Waals surface area contributed by atoms with E-state index in [0.29, 0.717) is 5.56 Å². The van der Waals surface area contributed by atoms with Crippen LogP contribution in [0, 0.1) is 0 Å². The summed E-state index contributed by atoms with van der Waals surface area (Å²) in [5, 5.41) is 11.5. The van der Waals surface area contributed by atoms with E-state index in [1.165, 1.54) is 31.6 Å². The van der Waals surface area contributed by atoms with Crippen LogP contribution in [-0.4, -0.2) is 35.3 Å². The van der Waals surface area contributed by atoms with Gasteiger partial charge in [-0.15, -0.1) is 13.2 Å². The number of hydrogen-bond acceptors (Lipinski definition) is 6. The Morgan fingerprint density at radius 3 is 2.37 bits per heavy atom. The lowest BCUT2D eigenvalue weighted by molar-refractivity contribution is -0.274. The fraction of sp³-hybridized carbons (Fsp3) is 0.250. The second-order valence-corrected chi connectivity index (χ2v) is 9.67. The van der Waals surface area contributed by atoms with Crippen LogP contribution >= 0.6 is 0 Å². The Labute approximate surface area is 217 Å². The Kier molecular flexibility index (Phi) is 6.92. The first-order valence-electron chi connectivity index (χ1n) is 11.6. The first-order chi connectivity index (χ1) is 17.8. The maximum Gasteiger partial charge on any atom is 0.573 e. The molecule has 0 aliphatic carbocycles. The van der Waals surface area contributed by atoms with Gasteiger partial charge in [-0.1, -0.05) is 39.0 Å². The summed E-state index contributed by atoms with van der Waals surface area (Å²) in [4.78, 5) is 31.8. The van der Waals surface area contributed by atoms with Crippen molar-refractivity contribution in [2.75, 3.05) is 12.0 Å². The number of nitrogens with zero attached hydrogens (tertiary/aromatic N) is 2. The number of Topliss-reactive ketones (excluding diaryl/α,β-unsaturated/α-hetero) is 1. The third kappa shape index (κ3) is 5.20.